The van der Waals surface area contributed by atoms with Crippen molar-refractivity contribution in [2.24, 2.45) is 5.14 Å². The molecule has 7 heteroatoms. The monoisotopic (exact) mass is 300 g/mol. The Balaban J connectivity index is 2.93. The van der Waals surface area contributed by atoms with Crippen molar-refractivity contribution in [1.82, 2.24) is 5.32 Å². The van der Waals surface area contributed by atoms with Crippen LogP contribution >= 0.6 is 0 Å². The standard InChI is InChI=1S/C13H20N2O4S/c1-9-4-5-11(20(14,17)18)8-12(9)13(16)15-10(2)6-7-19-3/h4-5,8,10H,6-7H2,1-3H3,(H,15,16)(H2,14,17,18). The maximum atomic E-state index is 12.1. The molecule has 20 heavy (non-hydrogen) atoms. The Bertz CT molecular complexity index is 584. The van der Waals surface area contributed by atoms with Gasteiger partial charge in [0.2, 0.25) is 10.0 Å². The maximum Gasteiger partial charge on any atom is 0.251 e. The Morgan fingerprint density at radius 2 is 2.10 bits per heavy atom. The fourth-order valence-electron chi connectivity index (χ4n) is 1.69. The second-order valence-electron chi connectivity index (χ2n) is 4.68. The molecule has 1 atom stereocenters. The number of nitrogens with two attached hydrogens (primary N) is 1. The van der Waals surface area contributed by atoms with Crippen LogP contribution in [0.25, 0.3) is 0 Å². The van der Waals surface area contributed by atoms with Crippen molar-refractivity contribution >= 4 is 15.9 Å². The van der Waals surface area contributed by atoms with E-state index in [1.807, 2.05) is 6.92 Å². The number of primary sulfonamides is 1. The number of rotatable bonds is 6. The number of sulfonamides is 1. The summed E-state index contributed by atoms with van der Waals surface area (Å²) in [7, 11) is -2.23. The molecular weight excluding hydrogens is 280 g/mol. The molecule has 1 amide bonds. The highest BCUT2D eigenvalue weighted by Gasteiger charge is 2.16. The van der Waals surface area contributed by atoms with Crippen molar-refractivity contribution in [2.75, 3.05) is 13.7 Å². The first-order chi connectivity index (χ1) is 9.25. The smallest absolute Gasteiger partial charge is 0.251 e. The van der Waals surface area contributed by atoms with Gasteiger partial charge in [-0.05, 0) is 38.0 Å². The van der Waals surface area contributed by atoms with Crippen LogP contribution in [0, 0.1) is 6.92 Å². The van der Waals surface area contributed by atoms with Crippen molar-refractivity contribution in [3.8, 4) is 0 Å². The molecule has 1 aromatic carbocycles. The van der Waals surface area contributed by atoms with Gasteiger partial charge in [-0.2, -0.15) is 0 Å². The van der Waals surface area contributed by atoms with Gasteiger partial charge in [-0.25, -0.2) is 13.6 Å². The van der Waals surface area contributed by atoms with Crippen molar-refractivity contribution in [2.45, 2.75) is 31.2 Å². The van der Waals surface area contributed by atoms with E-state index in [0.29, 0.717) is 24.2 Å². The summed E-state index contributed by atoms with van der Waals surface area (Å²) < 4.78 is 27.6. The van der Waals surface area contributed by atoms with Crippen LogP contribution in [-0.2, 0) is 14.8 Å². The number of hydrogen-bond acceptors (Lipinski definition) is 4. The van der Waals surface area contributed by atoms with Crippen LogP contribution in [0.1, 0.15) is 29.3 Å². The number of hydrogen-bond donors (Lipinski definition) is 2. The fourth-order valence-corrected chi connectivity index (χ4v) is 2.23. The van der Waals surface area contributed by atoms with E-state index in [-0.39, 0.29) is 16.8 Å². The quantitative estimate of drug-likeness (QED) is 0.811. The molecule has 0 spiro atoms. The van der Waals surface area contributed by atoms with Gasteiger partial charge in [0.15, 0.2) is 0 Å². The molecule has 1 unspecified atom stereocenters. The first kappa shape index (κ1) is 16.6. The minimum absolute atomic E-state index is 0.0695. The van der Waals surface area contributed by atoms with E-state index in [1.165, 1.54) is 12.1 Å². The largest absolute Gasteiger partial charge is 0.385 e. The van der Waals surface area contributed by atoms with Gasteiger partial charge in [-0.1, -0.05) is 6.07 Å². The molecule has 0 saturated heterocycles. The van der Waals surface area contributed by atoms with Crippen LogP contribution in [0.2, 0.25) is 0 Å². The summed E-state index contributed by atoms with van der Waals surface area (Å²) in [5.74, 6) is -0.323. The molecule has 0 aliphatic rings. The van der Waals surface area contributed by atoms with E-state index in [9.17, 15) is 13.2 Å². The lowest BCUT2D eigenvalue weighted by Gasteiger charge is -2.15. The molecule has 0 aliphatic heterocycles. The van der Waals surface area contributed by atoms with Crippen molar-refractivity contribution in [3.05, 3.63) is 29.3 Å². The average molecular weight is 300 g/mol. The maximum absolute atomic E-state index is 12.1. The van der Waals surface area contributed by atoms with Crippen LogP contribution in [0.5, 0.6) is 0 Å². The topological polar surface area (TPSA) is 98.5 Å². The lowest BCUT2D eigenvalue weighted by Crippen LogP contribution is -2.34. The molecule has 0 saturated carbocycles. The highest BCUT2D eigenvalue weighted by molar-refractivity contribution is 7.89. The Morgan fingerprint density at radius 1 is 1.45 bits per heavy atom. The first-order valence-electron chi connectivity index (χ1n) is 6.19. The van der Waals surface area contributed by atoms with Crippen LogP contribution in [0.3, 0.4) is 0 Å². The second-order valence-corrected chi connectivity index (χ2v) is 6.24. The zero-order valence-corrected chi connectivity index (χ0v) is 12.7. The second kappa shape index (κ2) is 6.83. The van der Waals surface area contributed by atoms with E-state index in [4.69, 9.17) is 9.88 Å². The molecule has 0 radical (unpaired) electrons. The van der Waals surface area contributed by atoms with Gasteiger partial charge in [0, 0.05) is 25.3 Å². The SMILES string of the molecule is COCCC(C)NC(=O)c1cc(S(N)(=O)=O)ccc1C. The lowest BCUT2D eigenvalue weighted by molar-refractivity contribution is 0.0929. The number of ether oxygens (including phenoxy) is 1. The zero-order chi connectivity index (χ0) is 15.3. The average Bonchev–Trinajstić information content (AvgIpc) is 2.35. The number of benzene rings is 1. The summed E-state index contributed by atoms with van der Waals surface area (Å²) in [6.45, 7) is 4.13. The molecule has 0 aromatic heterocycles. The number of carbonyl (C=O) groups is 1. The molecule has 112 valence electrons. The molecule has 0 aliphatic carbocycles. The van der Waals surface area contributed by atoms with Gasteiger partial charge in [0.05, 0.1) is 4.90 Å². The highest BCUT2D eigenvalue weighted by atomic mass is 32.2. The van der Waals surface area contributed by atoms with E-state index in [2.05, 4.69) is 5.32 Å². The molecule has 0 heterocycles. The van der Waals surface area contributed by atoms with Gasteiger partial charge in [-0.3, -0.25) is 4.79 Å². The Kier molecular flexibility index (Phi) is 5.67. The number of amides is 1. The van der Waals surface area contributed by atoms with Crippen LogP contribution < -0.4 is 10.5 Å². The normalized spacial score (nSPS) is 13.0. The van der Waals surface area contributed by atoms with Crippen LogP contribution in [0.4, 0.5) is 0 Å². The molecule has 3 N–H and O–H groups in total. The van der Waals surface area contributed by atoms with Crippen molar-refractivity contribution in [1.29, 1.82) is 0 Å². The summed E-state index contributed by atoms with van der Waals surface area (Å²) in [4.78, 5) is 12.1. The summed E-state index contributed by atoms with van der Waals surface area (Å²) in [5, 5.41) is 7.86. The number of carbonyl (C=O) groups excluding carboxylic acids is 1. The van der Waals surface area contributed by atoms with Gasteiger partial charge in [-0.15, -0.1) is 0 Å². The summed E-state index contributed by atoms with van der Waals surface area (Å²) in [5.41, 5.74) is 0.995. The summed E-state index contributed by atoms with van der Waals surface area (Å²) >= 11 is 0. The van der Waals surface area contributed by atoms with E-state index >= 15 is 0 Å². The van der Waals surface area contributed by atoms with Gasteiger partial charge in [0.1, 0.15) is 0 Å². The van der Waals surface area contributed by atoms with Gasteiger partial charge < -0.3 is 10.1 Å². The van der Waals surface area contributed by atoms with Gasteiger partial charge in [0.25, 0.3) is 5.91 Å². The van der Waals surface area contributed by atoms with E-state index < -0.39 is 10.0 Å². The van der Waals surface area contributed by atoms with Crippen LogP contribution in [-0.4, -0.2) is 34.1 Å². The summed E-state index contributed by atoms with van der Waals surface area (Å²) in [6.07, 6.45) is 0.677. The van der Waals surface area contributed by atoms with Gasteiger partial charge >= 0.3 is 0 Å². The van der Waals surface area contributed by atoms with E-state index in [1.54, 1.807) is 20.1 Å². The molecule has 1 rings (SSSR count). The van der Waals surface area contributed by atoms with E-state index in [0.717, 1.165) is 0 Å². The third-order valence-electron chi connectivity index (χ3n) is 2.91. The Morgan fingerprint density at radius 3 is 2.65 bits per heavy atom. The molecule has 6 nitrogen and oxygen atoms in total. The predicted octanol–water partition coefficient (Wildman–Crippen LogP) is 0.797. The zero-order valence-electron chi connectivity index (χ0n) is 11.8. The molecule has 0 fully saturated rings. The third kappa shape index (κ3) is 4.59. The Hall–Kier alpha value is -1.44. The predicted molar refractivity (Wildman–Crippen MR) is 76.0 cm³/mol. The minimum atomic E-state index is -3.82. The first-order valence-corrected chi connectivity index (χ1v) is 7.73. The number of nitrogens with one attached hydrogen (secondary N) is 1. The number of aryl methyl sites for hydroxylation is 1. The minimum Gasteiger partial charge on any atom is -0.385 e. The third-order valence-corrected chi connectivity index (χ3v) is 3.83. The Labute approximate surface area is 119 Å². The highest BCUT2D eigenvalue weighted by Crippen LogP contribution is 2.14. The van der Waals surface area contributed by atoms with Crippen molar-refractivity contribution < 1.29 is 17.9 Å². The molecule has 1 aromatic rings. The fraction of sp³-hybridized carbons (Fsp3) is 0.462. The number of methoxy groups -OCH3 is 1. The lowest BCUT2D eigenvalue weighted by atomic mass is 10.1. The summed E-state index contributed by atoms with van der Waals surface area (Å²) in [6, 6.07) is 4.17. The van der Waals surface area contributed by atoms with Crippen molar-refractivity contribution in [3.63, 3.8) is 0 Å². The van der Waals surface area contributed by atoms with Crippen LogP contribution in [0.15, 0.2) is 23.1 Å². The molecular formula is C13H20N2O4S. The molecule has 0 bridgehead atoms.